The maximum atomic E-state index is 14.4. The molecule has 5 aliphatic carbocycles. The van der Waals surface area contributed by atoms with Crippen LogP contribution in [0, 0.1) is 57.2 Å². The van der Waals surface area contributed by atoms with Gasteiger partial charge in [-0.15, -0.1) is 0 Å². The molecule has 6 heteroatoms. The first-order chi connectivity index (χ1) is 18.6. The Bertz CT molecular complexity index is 1140. The van der Waals surface area contributed by atoms with Crippen LogP contribution in [0.4, 0.5) is 0 Å². The number of fused-ring (bicyclic) bond motifs is 7. The van der Waals surface area contributed by atoms with Crippen LogP contribution in [-0.4, -0.2) is 49.0 Å². The Balaban J connectivity index is 1.46. The molecule has 0 aromatic heterocycles. The number of hydrogen-bond donors (Lipinski definition) is 0. The number of allylic oxidation sites excluding steroid dienone is 2. The average molecular weight is 554 g/mol. The van der Waals surface area contributed by atoms with Gasteiger partial charge in [-0.1, -0.05) is 40.2 Å². The van der Waals surface area contributed by atoms with E-state index in [0.717, 1.165) is 51.4 Å². The molecule has 1 amide bonds. The molecule has 0 radical (unpaired) electrons. The molecule has 9 atom stereocenters. The van der Waals surface area contributed by atoms with Gasteiger partial charge >= 0.3 is 5.97 Å². The predicted molar refractivity (Wildman–Crippen MR) is 154 cm³/mol. The highest BCUT2D eigenvalue weighted by molar-refractivity contribution is 5.95. The molecular formula is C34H51NO5. The summed E-state index contributed by atoms with van der Waals surface area (Å²) in [6.07, 6.45) is 10.9. The molecule has 5 aliphatic rings. The molecule has 5 rings (SSSR count). The van der Waals surface area contributed by atoms with E-state index in [4.69, 9.17) is 4.74 Å². The number of methoxy groups -OCH3 is 1. The van der Waals surface area contributed by atoms with Crippen LogP contribution in [-0.2, 0) is 23.9 Å². The Morgan fingerprint density at radius 1 is 0.925 bits per heavy atom. The fourth-order valence-electron chi connectivity index (χ4n) is 11.2. The number of esters is 1. The van der Waals surface area contributed by atoms with Gasteiger partial charge in [0.25, 0.3) is 0 Å². The number of likely N-dealkylation sites (N-methyl/N-ethyl adjacent to an activating group) is 1. The van der Waals surface area contributed by atoms with Crippen molar-refractivity contribution in [2.45, 2.75) is 99.3 Å². The van der Waals surface area contributed by atoms with Crippen LogP contribution in [0.25, 0.3) is 0 Å². The van der Waals surface area contributed by atoms with Gasteiger partial charge in [0.15, 0.2) is 5.78 Å². The minimum Gasteiger partial charge on any atom is -0.468 e. The monoisotopic (exact) mass is 553 g/mol. The van der Waals surface area contributed by atoms with Crippen LogP contribution in [0.1, 0.15) is 99.3 Å². The zero-order chi connectivity index (χ0) is 29.4. The summed E-state index contributed by atoms with van der Waals surface area (Å²) in [7, 11) is 3.04. The lowest BCUT2D eigenvalue weighted by Crippen LogP contribution is -2.64. The number of ether oxygens (including phenoxy) is 1. The van der Waals surface area contributed by atoms with Crippen LogP contribution < -0.4 is 0 Å². The van der Waals surface area contributed by atoms with E-state index in [1.807, 2.05) is 0 Å². The summed E-state index contributed by atoms with van der Waals surface area (Å²) in [6.45, 7) is 13.3. The molecule has 0 spiro atoms. The zero-order valence-electron chi connectivity index (χ0n) is 26.1. The van der Waals surface area contributed by atoms with Gasteiger partial charge in [0.1, 0.15) is 12.3 Å². The number of rotatable bonds is 4. The van der Waals surface area contributed by atoms with Crippen molar-refractivity contribution in [2.24, 2.45) is 57.2 Å². The summed E-state index contributed by atoms with van der Waals surface area (Å²) >= 11 is 0. The van der Waals surface area contributed by atoms with E-state index in [2.05, 4.69) is 40.7 Å². The number of amides is 1. The van der Waals surface area contributed by atoms with Crippen molar-refractivity contribution in [1.82, 2.24) is 4.90 Å². The second-order valence-corrected chi connectivity index (χ2v) is 15.6. The van der Waals surface area contributed by atoms with E-state index in [1.54, 1.807) is 14.0 Å². The molecule has 222 valence electrons. The van der Waals surface area contributed by atoms with Crippen molar-refractivity contribution < 1.29 is 23.9 Å². The van der Waals surface area contributed by atoms with Crippen LogP contribution in [0.2, 0.25) is 0 Å². The minimum absolute atomic E-state index is 0.00632. The lowest BCUT2D eigenvalue weighted by molar-refractivity contribution is -0.183. The summed E-state index contributed by atoms with van der Waals surface area (Å²) in [6, 6.07) is 0. The van der Waals surface area contributed by atoms with E-state index >= 15 is 0 Å². The minimum atomic E-state index is -0.408. The van der Waals surface area contributed by atoms with Crippen LogP contribution >= 0.6 is 0 Å². The first-order valence-electron chi connectivity index (χ1n) is 15.7. The van der Waals surface area contributed by atoms with Crippen molar-refractivity contribution in [2.75, 3.05) is 20.7 Å². The molecule has 0 bridgehead atoms. The van der Waals surface area contributed by atoms with Gasteiger partial charge in [-0.05, 0) is 110 Å². The molecule has 4 saturated carbocycles. The maximum absolute atomic E-state index is 14.4. The third-order valence-electron chi connectivity index (χ3n) is 13.3. The molecule has 40 heavy (non-hydrogen) atoms. The Hall–Kier alpha value is -1.98. The van der Waals surface area contributed by atoms with Crippen LogP contribution in [0.3, 0.4) is 0 Å². The summed E-state index contributed by atoms with van der Waals surface area (Å²) in [5.74, 6) is 1.05. The number of ketones is 2. The fourth-order valence-corrected chi connectivity index (χ4v) is 11.2. The molecule has 0 aliphatic heterocycles. The van der Waals surface area contributed by atoms with Gasteiger partial charge in [-0.3, -0.25) is 19.2 Å². The van der Waals surface area contributed by atoms with E-state index in [9.17, 15) is 19.2 Å². The summed E-state index contributed by atoms with van der Waals surface area (Å²) in [5, 5.41) is 0. The van der Waals surface area contributed by atoms with Crippen molar-refractivity contribution in [3.05, 3.63) is 11.6 Å². The molecule has 0 heterocycles. The zero-order valence-corrected chi connectivity index (χ0v) is 26.1. The second-order valence-electron chi connectivity index (χ2n) is 15.6. The number of carbonyl (C=O) groups excluding carboxylic acids is 4. The van der Waals surface area contributed by atoms with E-state index in [0.29, 0.717) is 23.4 Å². The fraction of sp³-hybridized carbons (Fsp3) is 0.824. The summed E-state index contributed by atoms with van der Waals surface area (Å²) in [4.78, 5) is 53.8. The normalized spacial score (nSPS) is 43.7. The topological polar surface area (TPSA) is 80.8 Å². The summed E-state index contributed by atoms with van der Waals surface area (Å²) in [5.41, 5.74) is 0.991. The number of carbonyl (C=O) groups is 4. The van der Waals surface area contributed by atoms with Gasteiger partial charge in [0, 0.05) is 24.8 Å². The lowest BCUT2D eigenvalue weighted by Gasteiger charge is -2.67. The van der Waals surface area contributed by atoms with Crippen molar-refractivity contribution in [3.63, 3.8) is 0 Å². The van der Waals surface area contributed by atoms with Gasteiger partial charge in [0.2, 0.25) is 5.91 Å². The number of hydrogen-bond acceptors (Lipinski definition) is 5. The predicted octanol–water partition coefficient (Wildman–Crippen LogP) is 6.02. The highest BCUT2D eigenvalue weighted by Gasteiger charge is 2.67. The molecule has 0 aromatic carbocycles. The van der Waals surface area contributed by atoms with E-state index in [-0.39, 0.29) is 57.8 Å². The van der Waals surface area contributed by atoms with Gasteiger partial charge < -0.3 is 9.64 Å². The Kier molecular flexibility index (Phi) is 7.23. The smallest absolute Gasteiger partial charge is 0.325 e. The largest absolute Gasteiger partial charge is 0.468 e. The van der Waals surface area contributed by atoms with Gasteiger partial charge in [-0.25, -0.2) is 0 Å². The van der Waals surface area contributed by atoms with Crippen LogP contribution in [0.5, 0.6) is 0 Å². The maximum Gasteiger partial charge on any atom is 0.325 e. The third-order valence-corrected chi connectivity index (χ3v) is 13.3. The van der Waals surface area contributed by atoms with Gasteiger partial charge in [0.05, 0.1) is 7.11 Å². The SMILES string of the molecule is COC(=O)CN(C)C(=O)C1CCC2(C)C(CCC3(C)C4CCC5(C)CCC(C(C)=O)CC5C4=CC(=O)C32)C1(C)C. The van der Waals surface area contributed by atoms with E-state index in [1.165, 1.54) is 24.0 Å². The third kappa shape index (κ3) is 4.24. The Labute approximate surface area is 241 Å². The first kappa shape index (κ1) is 29.5. The molecule has 9 unspecified atom stereocenters. The Morgan fingerprint density at radius 2 is 1.57 bits per heavy atom. The average Bonchev–Trinajstić information content (AvgIpc) is 2.86. The molecule has 0 N–H and O–H groups in total. The molecular weight excluding hydrogens is 502 g/mol. The molecule has 0 aromatic rings. The van der Waals surface area contributed by atoms with E-state index < -0.39 is 5.97 Å². The quantitative estimate of drug-likeness (QED) is 0.398. The second kappa shape index (κ2) is 9.80. The van der Waals surface area contributed by atoms with Crippen LogP contribution in [0.15, 0.2) is 11.6 Å². The number of nitrogens with zero attached hydrogens (tertiary/aromatic N) is 1. The summed E-state index contributed by atoms with van der Waals surface area (Å²) < 4.78 is 4.80. The first-order valence-corrected chi connectivity index (χ1v) is 15.7. The Morgan fingerprint density at radius 3 is 2.23 bits per heavy atom. The molecule has 6 nitrogen and oxygen atoms in total. The molecule has 4 fully saturated rings. The van der Waals surface area contributed by atoms with Gasteiger partial charge in [-0.2, -0.15) is 0 Å². The highest BCUT2D eigenvalue weighted by atomic mass is 16.5. The number of Topliss-reactive ketones (excluding diaryl/α,β-unsaturated/α-hetero) is 1. The highest BCUT2D eigenvalue weighted by Crippen LogP contribution is 2.71. The lowest BCUT2D eigenvalue weighted by atomic mass is 9.36. The van der Waals surface area contributed by atoms with Crippen molar-refractivity contribution in [3.8, 4) is 0 Å². The molecule has 0 saturated heterocycles. The standard InChI is InChI=1S/C34H51NO5/c1-20(36)21-9-13-32(4)14-10-23-22(25(32)17-21)18-26(37)29-33(23,5)16-12-27-31(2,3)24(11-15-34(27,29)6)30(39)35(7)19-28(38)40-8/h18,21,23-25,27,29H,9-17,19H2,1-8H3. The van der Waals surface area contributed by atoms with Crippen molar-refractivity contribution in [1.29, 1.82) is 0 Å². The van der Waals surface area contributed by atoms with Crippen molar-refractivity contribution >= 4 is 23.4 Å².